The van der Waals surface area contributed by atoms with Gasteiger partial charge in [-0.3, -0.25) is 4.79 Å². The molecule has 134 valence electrons. The number of nitrogens with zero attached hydrogens (tertiary/aromatic N) is 4. The van der Waals surface area contributed by atoms with E-state index < -0.39 is 27.7 Å². The Balaban J connectivity index is 2.13. The lowest BCUT2D eigenvalue weighted by Gasteiger charge is -2.21. The number of rotatable bonds is 4. The van der Waals surface area contributed by atoms with E-state index in [9.17, 15) is 17.7 Å². The van der Waals surface area contributed by atoms with Crippen molar-refractivity contribution < 1.29 is 22.6 Å². The van der Waals surface area contributed by atoms with Gasteiger partial charge in [0.15, 0.2) is 0 Å². The highest BCUT2D eigenvalue weighted by atomic mass is 35.5. The van der Waals surface area contributed by atoms with Crippen LogP contribution in [0, 0.1) is 13.8 Å². The molecule has 1 fully saturated rings. The SMILES string of the molecule is Cc1cccc(S(=O)(=O)N(C(=O)c2c(C)nn(C)[n+]2F)C2CC2)c1Cl. The van der Waals surface area contributed by atoms with E-state index in [4.69, 9.17) is 11.6 Å². The lowest BCUT2D eigenvalue weighted by Crippen LogP contribution is -2.46. The number of benzene rings is 1. The monoisotopic (exact) mass is 387 g/mol. The molecule has 25 heavy (non-hydrogen) atoms. The van der Waals surface area contributed by atoms with Crippen LogP contribution in [-0.2, 0) is 17.1 Å². The van der Waals surface area contributed by atoms with E-state index in [0.29, 0.717) is 18.4 Å². The third-order valence-electron chi connectivity index (χ3n) is 4.05. The van der Waals surface area contributed by atoms with Crippen LogP contribution in [0.1, 0.15) is 34.6 Å². The summed E-state index contributed by atoms with van der Waals surface area (Å²) < 4.78 is 41.1. The van der Waals surface area contributed by atoms with Crippen LogP contribution in [0.15, 0.2) is 23.1 Å². The number of aromatic nitrogens is 3. The van der Waals surface area contributed by atoms with Crippen LogP contribution in [0.2, 0.25) is 5.02 Å². The summed E-state index contributed by atoms with van der Waals surface area (Å²) in [5.74, 6) is -0.951. The minimum absolute atomic E-state index is 0.0421. The van der Waals surface area contributed by atoms with Crippen molar-refractivity contribution in [1.29, 1.82) is 0 Å². The molecule has 0 unspecified atom stereocenters. The molecule has 1 heterocycles. The highest BCUT2D eigenvalue weighted by molar-refractivity contribution is 7.89. The molecule has 0 aliphatic heterocycles. The largest absolute Gasteiger partial charge is 0.318 e. The Hall–Kier alpha value is -2.00. The van der Waals surface area contributed by atoms with E-state index in [2.05, 4.69) is 5.10 Å². The minimum Gasteiger partial charge on any atom is -0.263 e. The maximum atomic E-state index is 14.2. The summed E-state index contributed by atoms with van der Waals surface area (Å²) >= 11 is 6.15. The lowest BCUT2D eigenvalue weighted by atomic mass is 10.2. The molecule has 7 nitrogen and oxygen atoms in total. The zero-order chi connectivity index (χ0) is 18.5. The number of hydrogen-bond donors (Lipinski definition) is 0. The summed E-state index contributed by atoms with van der Waals surface area (Å²) in [6.07, 6.45) is 1.06. The number of carbonyl (C=O) groups excluding carboxylic acids is 1. The number of amides is 1. The Labute approximate surface area is 149 Å². The van der Waals surface area contributed by atoms with E-state index >= 15 is 0 Å². The number of sulfonamides is 1. The van der Waals surface area contributed by atoms with E-state index in [1.54, 1.807) is 19.1 Å². The second-order valence-corrected chi connectivity index (χ2v) is 8.17. The molecule has 0 spiro atoms. The molecular weight excluding hydrogens is 371 g/mol. The molecular formula is C15H17ClFN4O3S+. The molecule has 2 aromatic rings. The first-order valence-electron chi connectivity index (χ1n) is 7.62. The summed E-state index contributed by atoms with van der Waals surface area (Å²) in [5.41, 5.74) is 0.261. The fourth-order valence-corrected chi connectivity index (χ4v) is 4.80. The highest BCUT2D eigenvalue weighted by Gasteiger charge is 2.47. The van der Waals surface area contributed by atoms with Gasteiger partial charge in [0.2, 0.25) is 5.69 Å². The fourth-order valence-electron chi connectivity index (χ4n) is 2.63. The molecule has 3 rings (SSSR count). The van der Waals surface area contributed by atoms with Gasteiger partial charge >= 0.3 is 11.6 Å². The summed E-state index contributed by atoms with van der Waals surface area (Å²) in [6.45, 7) is 3.12. The first kappa shape index (κ1) is 17.8. The number of halogens is 2. The minimum atomic E-state index is -4.23. The van der Waals surface area contributed by atoms with Crippen LogP contribution in [-0.4, -0.2) is 34.6 Å². The van der Waals surface area contributed by atoms with Crippen molar-refractivity contribution in [3.8, 4) is 0 Å². The Morgan fingerprint density at radius 3 is 2.56 bits per heavy atom. The molecule has 0 bridgehead atoms. The van der Waals surface area contributed by atoms with Crippen LogP contribution in [0.4, 0.5) is 4.48 Å². The molecule has 10 heteroatoms. The van der Waals surface area contributed by atoms with Gasteiger partial charge in [0, 0.05) is 27.4 Å². The summed E-state index contributed by atoms with van der Waals surface area (Å²) in [5, 5.41) is 3.87. The predicted octanol–water partition coefficient (Wildman–Crippen LogP) is 1.70. The first-order chi connectivity index (χ1) is 11.7. The highest BCUT2D eigenvalue weighted by Crippen LogP contribution is 2.36. The number of carbonyl (C=O) groups is 1. The van der Waals surface area contributed by atoms with Gasteiger partial charge in [-0.2, -0.15) is 0 Å². The number of hydrogen-bond acceptors (Lipinski definition) is 4. The third kappa shape index (κ3) is 2.91. The van der Waals surface area contributed by atoms with Crippen LogP contribution in [0.25, 0.3) is 0 Å². The second-order valence-electron chi connectivity index (χ2n) is 6.01. The Kier molecular flexibility index (Phi) is 4.32. The van der Waals surface area contributed by atoms with Crippen molar-refractivity contribution in [2.75, 3.05) is 0 Å². The summed E-state index contributed by atoms with van der Waals surface area (Å²) in [4.78, 5) is 13.6. The first-order valence-corrected chi connectivity index (χ1v) is 9.44. The maximum absolute atomic E-state index is 14.2. The molecule has 1 aromatic heterocycles. The van der Waals surface area contributed by atoms with E-state index in [1.807, 2.05) is 0 Å². The van der Waals surface area contributed by atoms with Crippen LogP contribution < -0.4 is 4.90 Å². The van der Waals surface area contributed by atoms with Crippen molar-refractivity contribution in [2.24, 2.45) is 7.05 Å². The van der Waals surface area contributed by atoms with Crippen LogP contribution >= 0.6 is 11.6 Å². The van der Waals surface area contributed by atoms with Gasteiger partial charge in [0.1, 0.15) is 4.90 Å². The molecule has 1 aromatic carbocycles. The normalized spacial score (nSPS) is 14.6. The van der Waals surface area contributed by atoms with Crippen LogP contribution in [0.3, 0.4) is 0 Å². The van der Waals surface area contributed by atoms with E-state index in [-0.39, 0.29) is 20.5 Å². The van der Waals surface area contributed by atoms with Crippen molar-refractivity contribution in [1.82, 2.24) is 14.2 Å². The van der Waals surface area contributed by atoms with Gasteiger partial charge in [0.25, 0.3) is 10.0 Å². The summed E-state index contributed by atoms with van der Waals surface area (Å²) in [7, 11) is -2.91. The molecule has 0 atom stereocenters. The van der Waals surface area contributed by atoms with E-state index in [1.165, 1.54) is 20.0 Å². The number of aryl methyl sites for hydroxylation is 3. The quantitative estimate of drug-likeness (QED) is 0.800. The van der Waals surface area contributed by atoms with Gasteiger partial charge in [-0.25, -0.2) is 12.7 Å². The second kappa shape index (κ2) is 6.06. The molecule has 1 amide bonds. The van der Waals surface area contributed by atoms with Crippen molar-refractivity contribution in [3.05, 3.63) is 40.2 Å². The lowest BCUT2D eigenvalue weighted by molar-refractivity contribution is -0.911. The average Bonchev–Trinajstić information content (AvgIpc) is 3.30. The molecule has 0 saturated heterocycles. The van der Waals surface area contributed by atoms with Crippen molar-refractivity contribution >= 4 is 27.5 Å². The van der Waals surface area contributed by atoms with Crippen molar-refractivity contribution in [3.63, 3.8) is 0 Å². The van der Waals surface area contributed by atoms with Gasteiger partial charge in [-0.15, -0.1) is 0 Å². The molecule has 0 radical (unpaired) electrons. The zero-order valence-corrected chi connectivity index (χ0v) is 15.5. The smallest absolute Gasteiger partial charge is 0.263 e. The zero-order valence-electron chi connectivity index (χ0n) is 13.9. The van der Waals surface area contributed by atoms with Gasteiger partial charge in [0.05, 0.1) is 12.1 Å². The van der Waals surface area contributed by atoms with Gasteiger partial charge in [-0.05, 0) is 36.2 Å². The standard InChI is InChI=1S/C15H17ClFN4O3S/c1-9-5-4-6-12(13(9)16)25(23,24)20(11-7-8-11)15(22)14-10(2)18-19(3)21(14)17/h4-6,11H,7-8H2,1-3H3/q+1. The van der Waals surface area contributed by atoms with E-state index in [0.717, 1.165) is 9.10 Å². The van der Waals surface area contributed by atoms with Gasteiger partial charge in [-0.1, -0.05) is 23.7 Å². The molecule has 1 aliphatic carbocycles. The molecule has 1 aliphatic rings. The fraction of sp³-hybridized carbons (Fsp3) is 0.400. The third-order valence-corrected chi connectivity index (χ3v) is 6.54. The summed E-state index contributed by atoms with van der Waals surface area (Å²) in [6, 6.07) is 4.06. The van der Waals surface area contributed by atoms with Gasteiger partial charge < -0.3 is 0 Å². The van der Waals surface area contributed by atoms with Crippen LogP contribution in [0.5, 0.6) is 0 Å². The predicted molar refractivity (Wildman–Crippen MR) is 87.2 cm³/mol. The molecule has 0 N–H and O–H groups in total. The maximum Gasteiger partial charge on any atom is 0.318 e. The molecule has 1 saturated carbocycles. The average molecular weight is 388 g/mol. The topological polar surface area (TPSA) is 76.2 Å². The Bertz CT molecular complexity index is 969. The Morgan fingerprint density at radius 1 is 1.40 bits per heavy atom. The van der Waals surface area contributed by atoms with Crippen molar-refractivity contribution in [2.45, 2.75) is 37.6 Å². The Morgan fingerprint density at radius 2 is 2.04 bits per heavy atom.